The van der Waals surface area contributed by atoms with Gasteiger partial charge in [-0.05, 0) is 49.4 Å². The van der Waals surface area contributed by atoms with Gasteiger partial charge in [0, 0.05) is 25.7 Å². The Labute approximate surface area is 594 Å². The third-order valence-electron chi connectivity index (χ3n) is 18.4. The van der Waals surface area contributed by atoms with E-state index in [1.807, 2.05) is 0 Å². The lowest BCUT2D eigenvalue weighted by atomic mass is 10.00. The molecule has 576 valence electrons. The summed E-state index contributed by atoms with van der Waals surface area (Å²) in [6.45, 7) is 14.1. The van der Waals surface area contributed by atoms with E-state index >= 15 is 0 Å². The molecule has 0 fully saturated rings. The highest BCUT2D eigenvalue weighted by atomic mass is 31.2. The predicted molar refractivity (Wildman–Crippen MR) is 395 cm³/mol. The molecule has 0 bridgehead atoms. The number of aliphatic hydroxyl groups is 1. The van der Waals surface area contributed by atoms with E-state index in [4.69, 9.17) is 37.0 Å². The fraction of sp³-hybridized carbons (Fsp3) is 0.949. The molecule has 0 aromatic rings. The third kappa shape index (κ3) is 70.9. The van der Waals surface area contributed by atoms with Crippen molar-refractivity contribution in [1.82, 2.24) is 0 Å². The van der Waals surface area contributed by atoms with Crippen LogP contribution >= 0.6 is 15.6 Å². The summed E-state index contributed by atoms with van der Waals surface area (Å²) >= 11 is 0. The molecule has 97 heavy (non-hydrogen) atoms. The van der Waals surface area contributed by atoms with Crippen molar-refractivity contribution in [2.45, 2.75) is 414 Å². The second-order valence-corrected chi connectivity index (χ2v) is 32.7. The first kappa shape index (κ1) is 95.1. The molecule has 0 aliphatic heterocycles. The monoisotopic (exact) mass is 1420 g/mol. The van der Waals surface area contributed by atoms with Gasteiger partial charge in [-0.3, -0.25) is 37.3 Å². The average molecular weight is 1420 g/mol. The Balaban J connectivity index is 5.14. The molecule has 0 aromatic heterocycles. The van der Waals surface area contributed by atoms with Gasteiger partial charge in [-0.2, -0.15) is 0 Å². The first-order valence-corrected chi connectivity index (χ1v) is 43.2. The average Bonchev–Trinajstić information content (AvgIpc) is 1.61. The number of phosphoric ester groups is 2. The van der Waals surface area contributed by atoms with Gasteiger partial charge in [-0.25, -0.2) is 9.13 Å². The Hall–Kier alpha value is -1.94. The molecule has 0 heterocycles. The van der Waals surface area contributed by atoms with Gasteiger partial charge in [-0.15, -0.1) is 0 Å². The lowest BCUT2D eigenvalue weighted by Crippen LogP contribution is -2.30. The molecule has 3 N–H and O–H groups in total. The van der Waals surface area contributed by atoms with Gasteiger partial charge in [0.25, 0.3) is 0 Å². The fourth-order valence-electron chi connectivity index (χ4n) is 11.9. The van der Waals surface area contributed by atoms with Crippen molar-refractivity contribution in [2.24, 2.45) is 23.7 Å². The minimum atomic E-state index is -4.96. The molecule has 0 aliphatic carbocycles. The van der Waals surface area contributed by atoms with Gasteiger partial charge in [0.15, 0.2) is 12.2 Å². The Morgan fingerprint density at radius 1 is 0.289 bits per heavy atom. The maximum atomic E-state index is 13.1. The maximum Gasteiger partial charge on any atom is 0.472 e. The standard InChI is InChI=1S/C78H152O17P2/c1-9-71(8)57-49-41-35-37-45-53-61-78(83)95-74(64-88-75(80)58-50-42-32-28-24-20-17-16-19-23-27-31-39-47-55-69(4)5)67-93-97(86,87)91-63-72(79)62-90-96(84,85)92-66-73(65-89-76(81)59-51-43-36-34-40-48-56-70(6)7)94-77(82)60-52-44-33-29-25-21-15-13-11-10-12-14-18-22-26-30-38-46-54-68(2)3/h68-74,79H,9-67H2,1-8H3,(H,84,85)(H,86,87)/t71?,72?,73-,74-/m1/s1. The van der Waals surface area contributed by atoms with E-state index in [0.29, 0.717) is 31.6 Å². The summed E-state index contributed by atoms with van der Waals surface area (Å²) in [4.78, 5) is 72.8. The van der Waals surface area contributed by atoms with Crippen LogP contribution in [0, 0.1) is 23.7 Å². The number of ether oxygens (including phenoxy) is 4. The zero-order chi connectivity index (χ0) is 71.7. The van der Waals surface area contributed by atoms with E-state index < -0.39 is 97.5 Å². The summed E-state index contributed by atoms with van der Waals surface area (Å²) in [6.07, 6.45) is 53.1. The molecule has 0 rings (SSSR count). The van der Waals surface area contributed by atoms with Gasteiger partial charge in [0.2, 0.25) is 0 Å². The van der Waals surface area contributed by atoms with Crippen molar-refractivity contribution < 1.29 is 80.2 Å². The first-order chi connectivity index (χ1) is 46.6. The Morgan fingerprint density at radius 2 is 0.495 bits per heavy atom. The van der Waals surface area contributed by atoms with Gasteiger partial charge in [0.05, 0.1) is 26.4 Å². The van der Waals surface area contributed by atoms with Crippen LogP contribution in [0.4, 0.5) is 0 Å². The first-order valence-electron chi connectivity index (χ1n) is 40.2. The Kier molecular flexibility index (Phi) is 65.9. The normalized spacial score (nSPS) is 14.4. The van der Waals surface area contributed by atoms with Crippen LogP contribution in [0.1, 0.15) is 396 Å². The van der Waals surface area contributed by atoms with E-state index in [9.17, 15) is 43.2 Å². The minimum absolute atomic E-state index is 0.103. The zero-order valence-corrected chi connectivity index (χ0v) is 65.5. The van der Waals surface area contributed by atoms with Crippen LogP contribution in [0.3, 0.4) is 0 Å². The van der Waals surface area contributed by atoms with Crippen molar-refractivity contribution in [3.63, 3.8) is 0 Å². The van der Waals surface area contributed by atoms with E-state index in [1.165, 1.54) is 193 Å². The lowest BCUT2D eigenvalue weighted by Gasteiger charge is -2.21. The molecular formula is C78H152O17P2. The van der Waals surface area contributed by atoms with Gasteiger partial charge >= 0.3 is 39.5 Å². The van der Waals surface area contributed by atoms with E-state index in [0.717, 1.165) is 114 Å². The molecule has 0 saturated heterocycles. The maximum absolute atomic E-state index is 13.1. The van der Waals surface area contributed by atoms with Crippen LogP contribution < -0.4 is 0 Å². The second-order valence-electron chi connectivity index (χ2n) is 29.8. The topological polar surface area (TPSA) is 237 Å². The number of hydrogen-bond acceptors (Lipinski definition) is 15. The molecule has 6 atom stereocenters. The molecule has 4 unspecified atom stereocenters. The van der Waals surface area contributed by atoms with Crippen LogP contribution in [0.15, 0.2) is 0 Å². The number of carbonyl (C=O) groups excluding carboxylic acids is 4. The largest absolute Gasteiger partial charge is 0.472 e. The fourth-order valence-corrected chi connectivity index (χ4v) is 13.5. The highest BCUT2D eigenvalue weighted by molar-refractivity contribution is 7.47. The third-order valence-corrected chi connectivity index (χ3v) is 20.3. The molecule has 17 nitrogen and oxygen atoms in total. The molecule has 0 aromatic carbocycles. The highest BCUT2D eigenvalue weighted by Crippen LogP contribution is 2.45. The SMILES string of the molecule is CCC(C)CCCCCCCCC(=O)O[C@H](COC(=O)CCCCCCCCCCCCCCCCC(C)C)COP(=O)(O)OCC(O)COP(=O)(O)OC[C@@H](COC(=O)CCCCCCCCC(C)C)OC(=O)CCCCCCCCCCCCCCCCCCCCC(C)C. The van der Waals surface area contributed by atoms with Crippen LogP contribution in [-0.2, 0) is 65.4 Å². The number of carbonyl (C=O) groups is 4. The summed E-state index contributed by atoms with van der Waals surface area (Å²) in [5.74, 6) is 0.895. The number of hydrogen-bond donors (Lipinski definition) is 3. The smallest absolute Gasteiger partial charge is 0.462 e. The summed E-state index contributed by atoms with van der Waals surface area (Å²) in [5, 5.41) is 10.6. The highest BCUT2D eigenvalue weighted by Gasteiger charge is 2.30. The molecule has 0 aliphatic rings. The minimum Gasteiger partial charge on any atom is -0.462 e. The molecule has 0 spiro atoms. The van der Waals surface area contributed by atoms with Crippen molar-refractivity contribution in [2.75, 3.05) is 39.6 Å². The second kappa shape index (κ2) is 67.2. The van der Waals surface area contributed by atoms with Crippen molar-refractivity contribution in [1.29, 1.82) is 0 Å². The Bertz CT molecular complexity index is 1900. The number of esters is 4. The summed E-state index contributed by atoms with van der Waals surface area (Å²) in [5.41, 5.74) is 0. The molecular weight excluding hydrogens is 1270 g/mol. The van der Waals surface area contributed by atoms with Crippen LogP contribution in [-0.4, -0.2) is 96.7 Å². The number of unbranched alkanes of at least 4 members (excludes halogenated alkanes) is 40. The van der Waals surface area contributed by atoms with Crippen LogP contribution in [0.5, 0.6) is 0 Å². The van der Waals surface area contributed by atoms with Crippen molar-refractivity contribution >= 4 is 39.5 Å². The van der Waals surface area contributed by atoms with Crippen LogP contribution in [0.25, 0.3) is 0 Å². The van der Waals surface area contributed by atoms with E-state index in [-0.39, 0.29) is 25.7 Å². The zero-order valence-electron chi connectivity index (χ0n) is 63.7. The lowest BCUT2D eigenvalue weighted by molar-refractivity contribution is -0.161. The van der Waals surface area contributed by atoms with Gasteiger partial charge < -0.3 is 33.8 Å². The van der Waals surface area contributed by atoms with Crippen molar-refractivity contribution in [3.8, 4) is 0 Å². The summed E-state index contributed by atoms with van der Waals surface area (Å²) in [6, 6.07) is 0. The number of phosphoric acid groups is 2. The number of aliphatic hydroxyl groups excluding tert-OH is 1. The van der Waals surface area contributed by atoms with E-state index in [2.05, 4.69) is 55.4 Å². The van der Waals surface area contributed by atoms with Crippen LogP contribution in [0.2, 0.25) is 0 Å². The quantitative estimate of drug-likeness (QED) is 0.0222. The summed E-state index contributed by atoms with van der Waals surface area (Å²) < 4.78 is 68.5. The number of rotatable bonds is 75. The van der Waals surface area contributed by atoms with Crippen molar-refractivity contribution in [3.05, 3.63) is 0 Å². The molecule has 0 amide bonds. The molecule has 0 saturated carbocycles. The molecule has 19 heteroatoms. The predicted octanol–water partition coefficient (Wildman–Crippen LogP) is 22.8. The van der Waals surface area contributed by atoms with Gasteiger partial charge in [0.1, 0.15) is 19.3 Å². The van der Waals surface area contributed by atoms with E-state index in [1.54, 1.807) is 0 Å². The Morgan fingerprint density at radius 3 is 0.732 bits per heavy atom. The molecule has 0 radical (unpaired) electrons. The van der Waals surface area contributed by atoms with Gasteiger partial charge in [-0.1, -0.05) is 344 Å². The summed E-state index contributed by atoms with van der Waals surface area (Å²) in [7, 11) is -9.91.